The molecule has 2 aromatic rings. The van der Waals surface area contributed by atoms with Gasteiger partial charge in [0, 0.05) is 20.1 Å². The van der Waals surface area contributed by atoms with Crippen molar-refractivity contribution in [2.45, 2.75) is 13.3 Å². The predicted molar refractivity (Wildman–Crippen MR) is 83.9 cm³/mol. The van der Waals surface area contributed by atoms with Crippen molar-refractivity contribution in [3.8, 4) is 16.9 Å². The zero-order chi connectivity index (χ0) is 15.1. The first-order valence-corrected chi connectivity index (χ1v) is 7.04. The van der Waals surface area contributed by atoms with Gasteiger partial charge in [-0.1, -0.05) is 36.4 Å². The second-order valence-corrected chi connectivity index (χ2v) is 4.83. The normalized spacial score (nSPS) is 10.4. The fraction of sp³-hybridized carbons (Fsp3) is 0.278. The van der Waals surface area contributed by atoms with Crippen LogP contribution in [0, 0.1) is 0 Å². The molecular weight excluding hydrogens is 264 g/mol. The highest BCUT2D eigenvalue weighted by Crippen LogP contribution is 2.27. The molecule has 3 heteroatoms. The summed E-state index contributed by atoms with van der Waals surface area (Å²) in [6.07, 6.45) is 0.795. The molecule has 0 unspecified atom stereocenters. The monoisotopic (exact) mass is 284 g/mol. The topological polar surface area (TPSA) is 35.5 Å². The third-order valence-corrected chi connectivity index (χ3v) is 3.22. The van der Waals surface area contributed by atoms with Crippen molar-refractivity contribution in [1.82, 2.24) is 0 Å². The van der Waals surface area contributed by atoms with E-state index >= 15 is 0 Å². The zero-order valence-corrected chi connectivity index (χ0v) is 12.5. The fourth-order valence-electron chi connectivity index (χ4n) is 2.13. The van der Waals surface area contributed by atoms with E-state index in [1.165, 1.54) is 0 Å². The van der Waals surface area contributed by atoms with Crippen LogP contribution in [-0.4, -0.2) is 26.1 Å². The number of carbonyl (C=O) groups excluding carboxylic acids is 1. The quantitative estimate of drug-likeness (QED) is 0.570. The van der Waals surface area contributed by atoms with Gasteiger partial charge >= 0.3 is 0 Å². The van der Waals surface area contributed by atoms with Crippen molar-refractivity contribution in [2.24, 2.45) is 0 Å². The number of ether oxygens (including phenoxy) is 2. The molecule has 0 fully saturated rings. The number of methoxy groups -OCH3 is 1. The van der Waals surface area contributed by atoms with Gasteiger partial charge in [-0.15, -0.1) is 0 Å². The maximum atomic E-state index is 11.7. The highest BCUT2D eigenvalue weighted by molar-refractivity contribution is 5.97. The SMILES string of the molecule is COCCCOc1cc(-c2ccccc2)ccc1C(C)=O. The number of hydrogen-bond donors (Lipinski definition) is 0. The van der Waals surface area contributed by atoms with Crippen LogP contribution in [0.3, 0.4) is 0 Å². The molecule has 0 radical (unpaired) electrons. The molecule has 0 bridgehead atoms. The van der Waals surface area contributed by atoms with Crippen LogP contribution < -0.4 is 4.74 Å². The number of Topliss-reactive ketones (excluding diaryl/α,β-unsaturated/α-hetero) is 1. The van der Waals surface area contributed by atoms with E-state index in [0.717, 1.165) is 17.5 Å². The van der Waals surface area contributed by atoms with E-state index in [1.807, 2.05) is 48.5 Å². The van der Waals surface area contributed by atoms with E-state index in [9.17, 15) is 4.79 Å². The molecule has 21 heavy (non-hydrogen) atoms. The lowest BCUT2D eigenvalue weighted by Crippen LogP contribution is -2.05. The number of benzene rings is 2. The van der Waals surface area contributed by atoms with Crippen molar-refractivity contribution in [3.63, 3.8) is 0 Å². The molecule has 3 nitrogen and oxygen atoms in total. The van der Waals surface area contributed by atoms with E-state index in [1.54, 1.807) is 14.0 Å². The molecule has 2 aromatic carbocycles. The highest BCUT2D eigenvalue weighted by Gasteiger charge is 2.10. The summed E-state index contributed by atoms with van der Waals surface area (Å²) >= 11 is 0. The van der Waals surface area contributed by atoms with Crippen molar-refractivity contribution in [3.05, 3.63) is 54.1 Å². The molecule has 110 valence electrons. The van der Waals surface area contributed by atoms with Crippen molar-refractivity contribution < 1.29 is 14.3 Å². The first kappa shape index (κ1) is 15.3. The highest BCUT2D eigenvalue weighted by atomic mass is 16.5. The fourth-order valence-corrected chi connectivity index (χ4v) is 2.13. The Hall–Kier alpha value is -2.13. The molecular formula is C18H20O3. The first-order chi connectivity index (χ1) is 10.2. The lowest BCUT2D eigenvalue weighted by atomic mass is 10.0. The molecule has 0 spiro atoms. The minimum Gasteiger partial charge on any atom is -0.493 e. The van der Waals surface area contributed by atoms with E-state index in [0.29, 0.717) is 24.5 Å². The number of rotatable bonds is 7. The Balaban J connectivity index is 2.24. The molecule has 0 N–H and O–H groups in total. The molecule has 0 heterocycles. The lowest BCUT2D eigenvalue weighted by molar-refractivity contribution is 0.101. The van der Waals surface area contributed by atoms with Gasteiger partial charge in [0.15, 0.2) is 5.78 Å². The maximum absolute atomic E-state index is 11.7. The summed E-state index contributed by atoms with van der Waals surface area (Å²) < 4.78 is 10.8. The summed E-state index contributed by atoms with van der Waals surface area (Å²) in [4.78, 5) is 11.7. The Bertz CT molecular complexity index is 591. The lowest BCUT2D eigenvalue weighted by Gasteiger charge is -2.12. The average Bonchev–Trinajstić information content (AvgIpc) is 2.52. The van der Waals surface area contributed by atoms with Crippen LogP contribution in [0.15, 0.2) is 48.5 Å². The van der Waals surface area contributed by atoms with Crippen LogP contribution in [0.1, 0.15) is 23.7 Å². The number of hydrogen-bond acceptors (Lipinski definition) is 3. The molecule has 0 aliphatic heterocycles. The standard InChI is InChI=1S/C18H20O3/c1-14(19)17-10-9-16(15-7-4-3-5-8-15)13-18(17)21-12-6-11-20-2/h3-5,7-10,13H,6,11-12H2,1-2H3. The van der Waals surface area contributed by atoms with Crippen LogP contribution in [0.2, 0.25) is 0 Å². The smallest absolute Gasteiger partial charge is 0.163 e. The number of ketones is 1. The second kappa shape index (κ2) is 7.60. The van der Waals surface area contributed by atoms with Gasteiger partial charge in [0.25, 0.3) is 0 Å². The zero-order valence-electron chi connectivity index (χ0n) is 12.5. The van der Waals surface area contributed by atoms with Gasteiger partial charge in [0.2, 0.25) is 0 Å². The van der Waals surface area contributed by atoms with Crippen LogP contribution in [0.4, 0.5) is 0 Å². The van der Waals surface area contributed by atoms with Gasteiger partial charge in [-0.2, -0.15) is 0 Å². The van der Waals surface area contributed by atoms with Crippen molar-refractivity contribution in [2.75, 3.05) is 20.3 Å². The molecule has 0 aliphatic carbocycles. The van der Waals surface area contributed by atoms with Gasteiger partial charge in [-0.05, 0) is 30.2 Å². The van der Waals surface area contributed by atoms with Crippen molar-refractivity contribution in [1.29, 1.82) is 0 Å². The molecule has 2 rings (SSSR count). The molecule has 0 amide bonds. The molecule has 0 saturated carbocycles. The Morgan fingerprint density at radius 3 is 2.43 bits per heavy atom. The third kappa shape index (κ3) is 4.17. The van der Waals surface area contributed by atoms with E-state index in [-0.39, 0.29) is 5.78 Å². The Labute approximate surface area is 125 Å². The van der Waals surface area contributed by atoms with Gasteiger partial charge in [-0.25, -0.2) is 0 Å². The summed E-state index contributed by atoms with van der Waals surface area (Å²) in [6, 6.07) is 15.8. The molecule has 0 atom stereocenters. The van der Waals surface area contributed by atoms with Crippen LogP contribution in [0.5, 0.6) is 5.75 Å². The number of carbonyl (C=O) groups is 1. The Kier molecular flexibility index (Phi) is 5.52. The molecule has 0 aromatic heterocycles. The van der Waals surface area contributed by atoms with Crippen LogP contribution in [-0.2, 0) is 4.74 Å². The predicted octanol–water partition coefficient (Wildman–Crippen LogP) is 3.97. The molecule has 0 saturated heterocycles. The summed E-state index contributed by atoms with van der Waals surface area (Å²) in [7, 11) is 1.66. The maximum Gasteiger partial charge on any atom is 0.163 e. The van der Waals surface area contributed by atoms with Crippen LogP contribution >= 0.6 is 0 Å². The molecule has 0 aliphatic rings. The van der Waals surface area contributed by atoms with Gasteiger partial charge in [0.05, 0.1) is 12.2 Å². The second-order valence-electron chi connectivity index (χ2n) is 4.83. The van der Waals surface area contributed by atoms with E-state index in [4.69, 9.17) is 9.47 Å². The summed E-state index contributed by atoms with van der Waals surface area (Å²) in [5.41, 5.74) is 2.77. The first-order valence-electron chi connectivity index (χ1n) is 7.04. The minimum absolute atomic E-state index is 0.0105. The Morgan fingerprint density at radius 2 is 1.76 bits per heavy atom. The van der Waals surface area contributed by atoms with Gasteiger partial charge < -0.3 is 9.47 Å². The van der Waals surface area contributed by atoms with Crippen LogP contribution in [0.25, 0.3) is 11.1 Å². The third-order valence-electron chi connectivity index (χ3n) is 3.22. The van der Waals surface area contributed by atoms with Gasteiger partial charge in [0.1, 0.15) is 5.75 Å². The Morgan fingerprint density at radius 1 is 1.00 bits per heavy atom. The van der Waals surface area contributed by atoms with E-state index < -0.39 is 0 Å². The summed E-state index contributed by atoms with van der Waals surface area (Å²) in [5, 5.41) is 0. The van der Waals surface area contributed by atoms with E-state index in [2.05, 4.69) is 0 Å². The van der Waals surface area contributed by atoms with Crippen molar-refractivity contribution >= 4 is 5.78 Å². The largest absolute Gasteiger partial charge is 0.493 e. The summed E-state index contributed by atoms with van der Waals surface area (Å²) in [6.45, 7) is 2.74. The minimum atomic E-state index is 0.0105. The van der Waals surface area contributed by atoms with Gasteiger partial charge in [-0.3, -0.25) is 4.79 Å². The average molecular weight is 284 g/mol. The summed E-state index contributed by atoms with van der Waals surface area (Å²) in [5.74, 6) is 0.649.